The molecular formula is C14H12N2O3. The van der Waals surface area contributed by atoms with Gasteiger partial charge in [-0.2, -0.15) is 0 Å². The predicted octanol–water partition coefficient (Wildman–Crippen LogP) is 1.79. The fourth-order valence-corrected chi connectivity index (χ4v) is 1.69. The summed E-state index contributed by atoms with van der Waals surface area (Å²) in [6.07, 6.45) is 0. The molecule has 0 atom stereocenters. The molecule has 0 aliphatic heterocycles. The number of aliphatic carboxylic acids is 1. The first-order chi connectivity index (χ1) is 8.99. The van der Waals surface area contributed by atoms with E-state index in [1.807, 2.05) is 0 Å². The number of carbonyl (C=O) groups excluding carboxylic acids is 1. The Morgan fingerprint density at radius 1 is 0.842 bits per heavy atom. The molecule has 5 N–H and O–H groups in total. The minimum Gasteiger partial charge on any atom is -0.475 e. The summed E-state index contributed by atoms with van der Waals surface area (Å²) in [5, 5.41) is 8.61. The van der Waals surface area contributed by atoms with E-state index in [-0.39, 0.29) is 5.56 Å². The highest BCUT2D eigenvalue weighted by atomic mass is 16.4. The maximum atomic E-state index is 11.3. The lowest BCUT2D eigenvalue weighted by molar-refractivity contribution is -0.131. The van der Waals surface area contributed by atoms with Crippen molar-refractivity contribution in [2.75, 3.05) is 11.5 Å². The molecule has 5 heteroatoms. The second kappa shape index (κ2) is 4.81. The topological polar surface area (TPSA) is 106 Å². The van der Waals surface area contributed by atoms with Gasteiger partial charge in [-0.3, -0.25) is 4.79 Å². The number of carboxylic acid groups (broad SMARTS) is 1. The lowest BCUT2D eigenvalue weighted by atomic mass is 10.0. The summed E-state index contributed by atoms with van der Waals surface area (Å²) in [7, 11) is 0. The molecule has 0 spiro atoms. The Morgan fingerprint density at radius 3 is 1.95 bits per heavy atom. The highest BCUT2D eigenvalue weighted by molar-refractivity contribution is 6.39. The molecule has 0 aliphatic rings. The van der Waals surface area contributed by atoms with Crippen LogP contribution in [0.3, 0.4) is 0 Å². The predicted molar refractivity (Wildman–Crippen MR) is 72.7 cm³/mol. The average molecular weight is 256 g/mol. The normalized spacial score (nSPS) is 10.1. The Labute approximate surface area is 109 Å². The maximum Gasteiger partial charge on any atom is 0.377 e. The van der Waals surface area contributed by atoms with E-state index in [0.717, 1.165) is 11.1 Å². The first-order valence-corrected chi connectivity index (χ1v) is 5.52. The third-order valence-corrected chi connectivity index (χ3v) is 2.76. The second-order valence-electron chi connectivity index (χ2n) is 4.06. The van der Waals surface area contributed by atoms with E-state index in [0.29, 0.717) is 11.4 Å². The molecule has 0 fully saturated rings. The molecular weight excluding hydrogens is 244 g/mol. The maximum absolute atomic E-state index is 11.3. The minimum absolute atomic E-state index is 0.139. The Balaban J connectivity index is 2.34. The van der Waals surface area contributed by atoms with E-state index in [9.17, 15) is 9.59 Å². The van der Waals surface area contributed by atoms with Gasteiger partial charge >= 0.3 is 5.97 Å². The molecule has 0 unspecified atom stereocenters. The number of ketones is 1. The summed E-state index contributed by atoms with van der Waals surface area (Å²) in [5.74, 6) is -2.40. The summed E-state index contributed by atoms with van der Waals surface area (Å²) in [5.41, 5.74) is 14.1. The van der Waals surface area contributed by atoms with Gasteiger partial charge in [-0.25, -0.2) is 4.79 Å². The zero-order chi connectivity index (χ0) is 14.0. The van der Waals surface area contributed by atoms with Crippen molar-refractivity contribution in [3.8, 4) is 11.1 Å². The number of hydrogen-bond acceptors (Lipinski definition) is 4. The van der Waals surface area contributed by atoms with Gasteiger partial charge in [0.2, 0.25) is 0 Å². The number of rotatable bonds is 3. The Kier molecular flexibility index (Phi) is 3.20. The molecule has 5 nitrogen and oxygen atoms in total. The van der Waals surface area contributed by atoms with Crippen LogP contribution in [0, 0.1) is 0 Å². The standard InChI is InChI=1S/C14H12N2O3/c15-11-6-5-10(7-12(11)16)8-1-3-9(4-2-8)13(17)14(18)19/h1-7H,15-16H2,(H,18,19). The number of anilines is 2. The number of nitrogens with two attached hydrogens (primary N) is 2. The van der Waals surface area contributed by atoms with Gasteiger partial charge in [0, 0.05) is 5.56 Å². The van der Waals surface area contributed by atoms with Crippen LogP contribution in [-0.4, -0.2) is 16.9 Å². The van der Waals surface area contributed by atoms with Crippen LogP contribution in [0.15, 0.2) is 42.5 Å². The van der Waals surface area contributed by atoms with Crippen LogP contribution < -0.4 is 11.5 Å². The molecule has 0 aliphatic carbocycles. The number of hydrogen-bond donors (Lipinski definition) is 3. The number of benzene rings is 2. The van der Waals surface area contributed by atoms with Gasteiger partial charge in [0.25, 0.3) is 5.78 Å². The SMILES string of the molecule is Nc1ccc(-c2ccc(C(=O)C(=O)O)cc2)cc1N. The summed E-state index contributed by atoms with van der Waals surface area (Å²) < 4.78 is 0. The summed E-state index contributed by atoms with van der Waals surface area (Å²) in [6, 6.07) is 11.5. The zero-order valence-electron chi connectivity index (χ0n) is 9.96. The molecule has 0 radical (unpaired) electrons. The molecule has 2 rings (SSSR count). The molecule has 0 heterocycles. The fourth-order valence-electron chi connectivity index (χ4n) is 1.69. The number of carboxylic acids is 1. The van der Waals surface area contributed by atoms with Gasteiger partial charge in [-0.1, -0.05) is 30.3 Å². The first kappa shape index (κ1) is 12.6. The fraction of sp³-hybridized carbons (Fsp3) is 0. The molecule has 0 saturated heterocycles. The van der Waals surface area contributed by atoms with Crippen LogP contribution in [0.5, 0.6) is 0 Å². The van der Waals surface area contributed by atoms with Crippen molar-refractivity contribution in [2.45, 2.75) is 0 Å². The first-order valence-electron chi connectivity index (χ1n) is 5.52. The van der Waals surface area contributed by atoms with Crippen LogP contribution >= 0.6 is 0 Å². The molecule has 19 heavy (non-hydrogen) atoms. The highest BCUT2D eigenvalue weighted by Gasteiger charge is 2.14. The van der Waals surface area contributed by atoms with Crippen molar-refractivity contribution in [1.82, 2.24) is 0 Å². The largest absolute Gasteiger partial charge is 0.475 e. The van der Waals surface area contributed by atoms with Crippen LogP contribution in [0.2, 0.25) is 0 Å². The van der Waals surface area contributed by atoms with Gasteiger partial charge in [0.05, 0.1) is 11.4 Å². The van der Waals surface area contributed by atoms with Gasteiger partial charge in [-0.05, 0) is 23.3 Å². The third kappa shape index (κ3) is 2.55. The molecule has 0 amide bonds. The lowest BCUT2D eigenvalue weighted by Crippen LogP contribution is -2.12. The molecule has 0 saturated carbocycles. The van der Waals surface area contributed by atoms with Gasteiger partial charge in [-0.15, -0.1) is 0 Å². The van der Waals surface area contributed by atoms with Crippen LogP contribution in [0.25, 0.3) is 11.1 Å². The summed E-state index contributed by atoms with van der Waals surface area (Å²) >= 11 is 0. The van der Waals surface area contributed by atoms with Crippen molar-refractivity contribution in [3.63, 3.8) is 0 Å². The minimum atomic E-state index is -1.47. The van der Waals surface area contributed by atoms with Crippen molar-refractivity contribution in [3.05, 3.63) is 48.0 Å². The van der Waals surface area contributed by atoms with E-state index in [1.54, 1.807) is 30.3 Å². The summed E-state index contributed by atoms with van der Waals surface area (Å²) in [4.78, 5) is 21.8. The van der Waals surface area contributed by atoms with E-state index in [1.165, 1.54) is 12.1 Å². The second-order valence-corrected chi connectivity index (χ2v) is 4.06. The van der Waals surface area contributed by atoms with E-state index in [4.69, 9.17) is 16.6 Å². The number of nitrogen functional groups attached to an aromatic ring is 2. The monoisotopic (exact) mass is 256 g/mol. The Morgan fingerprint density at radius 2 is 1.42 bits per heavy atom. The highest BCUT2D eigenvalue weighted by Crippen LogP contribution is 2.25. The molecule has 0 aromatic heterocycles. The Bertz CT molecular complexity index is 648. The van der Waals surface area contributed by atoms with E-state index in [2.05, 4.69) is 0 Å². The summed E-state index contributed by atoms with van der Waals surface area (Å²) in [6.45, 7) is 0. The van der Waals surface area contributed by atoms with Crippen LogP contribution in [0.1, 0.15) is 10.4 Å². The van der Waals surface area contributed by atoms with E-state index >= 15 is 0 Å². The quantitative estimate of drug-likeness (QED) is 0.441. The Hall–Kier alpha value is -2.82. The molecule has 2 aromatic rings. The smallest absolute Gasteiger partial charge is 0.377 e. The number of Topliss-reactive ketones (excluding diaryl/α,β-unsaturated/α-hetero) is 1. The average Bonchev–Trinajstić information content (AvgIpc) is 2.41. The number of carbonyl (C=O) groups is 2. The zero-order valence-corrected chi connectivity index (χ0v) is 9.96. The van der Waals surface area contributed by atoms with E-state index < -0.39 is 11.8 Å². The molecule has 96 valence electrons. The molecule has 2 aromatic carbocycles. The van der Waals surface area contributed by atoms with Crippen molar-refractivity contribution in [1.29, 1.82) is 0 Å². The van der Waals surface area contributed by atoms with Gasteiger partial charge < -0.3 is 16.6 Å². The van der Waals surface area contributed by atoms with Gasteiger partial charge in [0.1, 0.15) is 0 Å². The van der Waals surface area contributed by atoms with Crippen molar-refractivity contribution >= 4 is 23.1 Å². The van der Waals surface area contributed by atoms with Gasteiger partial charge in [0.15, 0.2) is 0 Å². The van der Waals surface area contributed by atoms with Crippen molar-refractivity contribution < 1.29 is 14.7 Å². The molecule has 0 bridgehead atoms. The van der Waals surface area contributed by atoms with Crippen LogP contribution in [0.4, 0.5) is 11.4 Å². The lowest BCUT2D eigenvalue weighted by Gasteiger charge is -2.06. The third-order valence-electron chi connectivity index (χ3n) is 2.76. The van der Waals surface area contributed by atoms with Crippen LogP contribution in [-0.2, 0) is 4.79 Å². The van der Waals surface area contributed by atoms with Crippen molar-refractivity contribution in [2.24, 2.45) is 0 Å².